The third kappa shape index (κ3) is 0.751. The summed E-state index contributed by atoms with van der Waals surface area (Å²) in [4.78, 5) is 0. The maximum atomic E-state index is 5.43. The predicted octanol–water partition coefficient (Wildman–Crippen LogP) is 1.43. The van der Waals surface area contributed by atoms with Crippen molar-refractivity contribution >= 4 is 15.9 Å². The molecule has 0 spiro atoms. The molecule has 0 aromatic carbocycles. The van der Waals surface area contributed by atoms with Gasteiger partial charge in [-0.2, -0.15) is 5.10 Å². The van der Waals surface area contributed by atoms with Gasteiger partial charge in [-0.15, -0.1) is 0 Å². The second kappa shape index (κ2) is 1.99. The fraction of sp³-hybridized carbons (Fsp3) is 0.500. The lowest BCUT2D eigenvalue weighted by Gasteiger charge is -1.98. The quantitative estimate of drug-likeness (QED) is 0.637. The summed E-state index contributed by atoms with van der Waals surface area (Å²) in [6, 6.07) is 0. The van der Waals surface area contributed by atoms with E-state index in [2.05, 4.69) is 21.0 Å². The van der Waals surface area contributed by atoms with Gasteiger partial charge in [-0.1, -0.05) is 0 Å². The van der Waals surface area contributed by atoms with Gasteiger partial charge >= 0.3 is 0 Å². The van der Waals surface area contributed by atoms with Crippen LogP contribution in [0.4, 0.5) is 0 Å². The van der Waals surface area contributed by atoms with Crippen LogP contribution in [0, 0.1) is 0 Å². The largest absolute Gasteiger partial charge is 0.472 e. The Labute approximate surface area is 67.1 Å². The first-order valence-electron chi connectivity index (χ1n) is 3.15. The Morgan fingerprint density at radius 2 is 2.70 bits per heavy atom. The summed E-state index contributed by atoms with van der Waals surface area (Å²) in [7, 11) is 0. The standard InChI is InChI=1S/C6H7BrN2O/c1-4-3-9-6(10-4)5(7)2-8-9/h2,4H,3H2,1H3. The van der Waals surface area contributed by atoms with E-state index in [4.69, 9.17) is 4.74 Å². The van der Waals surface area contributed by atoms with Gasteiger partial charge in [-0.05, 0) is 22.9 Å². The Kier molecular flexibility index (Phi) is 1.23. The van der Waals surface area contributed by atoms with E-state index in [0.717, 1.165) is 16.9 Å². The maximum absolute atomic E-state index is 5.43. The summed E-state index contributed by atoms with van der Waals surface area (Å²) in [6.07, 6.45) is 2.02. The molecular weight excluding hydrogens is 196 g/mol. The van der Waals surface area contributed by atoms with Crippen molar-refractivity contribution in [3.63, 3.8) is 0 Å². The molecule has 0 radical (unpaired) electrons. The van der Waals surface area contributed by atoms with Gasteiger partial charge in [0.25, 0.3) is 0 Å². The lowest BCUT2D eigenvalue weighted by Crippen LogP contribution is -2.08. The van der Waals surface area contributed by atoms with E-state index in [9.17, 15) is 0 Å². The van der Waals surface area contributed by atoms with Crippen molar-refractivity contribution in [3.8, 4) is 5.88 Å². The van der Waals surface area contributed by atoms with E-state index in [0.29, 0.717) is 0 Å². The van der Waals surface area contributed by atoms with Crippen LogP contribution in [-0.4, -0.2) is 15.9 Å². The second-order valence-electron chi connectivity index (χ2n) is 2.41. The van der Waals surface area contributed by atoms with Crippen molar-refractivity contribution in [2.45, 2.75) is 19.6 Å². The topological polar surface area (TPSA) is 27.1 Å². The summed E-state index contributed by atoms with van der Waals surface area (Å²) in [5.41, 5.74) is 0. The molecule has 1 aromatic rings. The van der Waals surface area contributed by atoms with Crippen molar-refractivity contribution in [2.24, 2.45) is 0 Å². The fourth-order valence-corrected chi connectivity index (χ4v) is 1.46. The molecule has 0 saturated heterocycles. The van der Waals surface area contributed by atoms with Crippen LogP contribution < -0.4 is 4.74 Å². The highest BCUT2D eigenvalue weighted by Crippen LogP contribution is 2.29. The molecule has 0 bridgehead atoms. The molecule has 1 unspecified atom stereocenters. The number of aromatic nitrogens is 2. The first-order valence-corrected chi connectivity index (χ1v) is 3.94. The van der Waals surface area contributed by atoms with Crippen LogP contribution in [0.15, 0.2) is 10.7 Å². The zero-order valence-electron chi connectivity index (χ0n) is 5.54. The van der Waals surface area contributed by atoms with Crippen molar-refractivity contribution < 1.29 is 4.74 Å². The summed E-state index contributed by atoms with van der Waals surface area (Å²) < 4.78 is 8.23. The fourth-order valence-electron chi connectivity index (χ4n) is 1.07. The van der Waals surface area contributed by atoms with Crippen LogP contribution in [0.25, 0.3) is 0 Å². The van der Waals surface area contributed by atoms with Gasteiger partial charge < -0.3 is 4.74 Å². The molecule has 0 N–H and O–H groups in total. The Morgan fingerprint density at radius 3 is 3.40 bits per heavy atom. The van der Waals surface area contributed by atoms with Crippen LogP contribution in [-0.2, 0) is 6.54 Å². The van der Waals surface area contributed by atoms with Gasteiger partial charge in [0.05, 0.1) is 17.2 Å². The number of ether oxygens (including phenoxy) is 1. The van der Waals surface area contributed by atoms with Crippen LogP contribution >= 0.6 is 15.9 Å². The molecule has 0 fully saturated rings. The Bertz CT molecular complexity index is 258. The minimum absolute atomic E-state index is 0.264. The highest BCUT2D eigenvalue weighted by Gasteiger charge is 2.21. The van der Waals surface area contributed by atoms with E-state index in [1.54, 1.807) is 6.20 Å². The summed E-state index contributed by atoms with van der Waals surface area (Å²) in [5, 5.41) is 4.09. The number of nitrogens with zero attached hydrogens (tertiary/aromatic N) is 2. The Morgan fingerprint density at radius 1 is 1.90 bits per heavy atom. The molecule has 4 heteroatoms. The number of hydrogen-bond donors (Lipinski definition) is 0. The van der Waals surface area contributed by atoms with Gasteiger partial charge in [0.1, 0.15) is 6.10 Å². The normalized spacial score (nSPS) is 22.4. The molecule has 2 rings (SSSR count). The smallest absolute Gasteiger partial charge is 0.226 e. The lowest BCUT2D eigenvalue weighted by molar-refractivity contribution is 0.252. The highest BCUT2D eigenvalue weighted by atomic mass is 79.9. The first-order chi connectivity index (χ1) is 4.77. The highest BCUT2D eigenvalue weighted by molar-refractivity contribution is 9.10. The summed E-state index contributed by atoms with van der Waals surface area (Å²) >= 11 is 3.34. The average molecular weight is 203 g/mol. The number of fused-ring (bicyclic) bond motifs is 1. The van der Waals surface area contributed by atoms with Crippen molar-refractivity contribution in [1.82, 2.24) is 9.78 Å². The molecule has 10 heavy (non-hydrogen) atoms. The minimum atomic E-state index is 0.264. The van der Waals surface area contributed by atoms with Crippen molar-refractivity contribution in [3.05, 3.63) is 10.7 Å². The van der Waals surface area contributed by atoms with Gasteiger partial charge in [-0.25, -0.2) is 4.68 Å². The van der Waals surface area contributed by atoms with E-state index >= 15 is 0 Å². The van der Waals surface area contributed by atoms with Crippen LogP contribution in [0.2, 0.25) is 0 Å². The number of hydrogen-bond acceptors (Lipinski definition) is 2. The molecular formula is C6H7BrN2O. The zero-order chi connectivity index (χ0) is 7.14. The van der Waals surface area contributed by atoms with Crippen molar-refractivity contribution in [2.75, 3.05) is 0 Å². The maximum Gasteiger partial charge on any atom is 0.226 e. The molecule has 54 valence electrons. The minimum Gasteiger partial charge on any atom is -0.472 e. The van der Waals surface area contributed by atoms with Gasteiger partial charge in [0.2, 0.25) is 5.88 Å². The predicted molar refractivity (Wildman–Crippen MR) is 40.0 cm³/mol. The average Bonchev–Trinajstić information content (AvgIpc) is 2.35. The van der Waals surface area contributed by atoms with E-state index in [1.807, 2.05) is 11.6 Å². The monoisotopic (exact) mass is 202 g/mol. The molecule has 0 saturated carbocycles. The molecule has 1 aliphatic heterocycles. The third-order valence-electron chi connectivity index (χ3n) is 1.49. The van der Waals surface area contributed by atoms with Crippen LogP contribution in [0.1, 0.15) is 6.92 Å². The van der Waals surface area contributed by atoms with Gasteiger partial charge in [-0.3, -0.25) is 0 Å². The van der Waals surface area contributed by atoms with E-state index in [-0.39, 0.29) is 6.10 Å². The number of rotatable bonds is 0. The lowest BCUT2D eigenvalue weighted by atomic mass is 10.4. The first kappa shape index (κ1) is 6.22. The van der Waals surface area contributed by atoms with E-state index < -0.39 is 0 Å². The van der Waals surface area contributed by atoms with E-state index in [1.165, 1.54) is 0 Å². The zero-order valence-corrected chi connectivity index (χ0v) is 7.13. The van der Waals surface area contributed by atoms with Crippen LogP contribution in [0.3, 0.4) is 0 Å². The molecule has 1 aliphatic rings. The SMILES string of the molecule is CC1Cn2ncc(Br)c2O1. The second-order valence-corrected chi connectivity index (χ2v) is 3.26. The molecule has 0 amide bonds. The molecule has 2 heterocycles. The Balaban J connectivity index is 2.44. The van der Waals surface area contributed by atoms with Gasteiger partial charge in [0.15, 0.2) is 0 Å². The van der Waals surface area contributed by atoms with Crippen molar-refractivity contribution in [1.29, 1.82) is 0 Å². The summed E-state index contributed by atoms with van der Waals surface area (Å²) in [6.45, 7) is 2.89. The number of halogens is 1. The molecule has 1 aromatic heterocycles. The third-order valence-corrected chi connectivity index (χ3v) is 2.04. The molecule has 0 aliphatic carbocycles. The molecule has 1 atom stereocenters. The van der Waals surface area contributed by atoms with Crippen LogP contribution in [0.5, 0.6) is 5.88 Å². The van der Waals surface area contributed by atoms with Gasteiger partial charge in [0, 0.05) is 0 Å². The Hall–Kier alpha value is -0.510. The molecule has 3 nitrogen and oxygen atoms in total. The summed E-state index contributed by atoms with van der Waals surface area (Å²) in [5.74, 6) is 0.854.